The Bertz CT molecular complexity index is 482. The maximum absolute atomic E-state index is 12.7. The number of rotatable bonds is 4. The molecule has 3 aliphatic rings. The van der Waals surface area contributed by atoms with Gasteiger partial charge in [-0.25, -0.2) is 0 Å². The highest BCUT2D eigenvalue weighted by Gasteiger charge is 2.42. The summed E-state index contributed by atoms with van der Waals surface area (Å²) in [6.45, 7) is 2.81. The second kappa shape index (κ2) is 7.00. The summed E-state index contributed by atoms with van der Waals surface area (Å²) in [5.41, 5.74) is -1.23. The molecule has 24 heavy (non-hydrogen) atoms. The van der Waals surface area contributed by atoms with Gasteiger partial charge in [-0.05, 0) is 32.7 Å². The molecule has 1 aliphatic carbocycles. The van der Waals surface area contributed by atoms with Crippen molar-refractivity contribution >= 4 is 11.8 Å². The van der Waals surface area contributed by atoms with Crippen LogP contribution in [0.15, 0.2) is 0 Å². The molecule has 2 heterocycles. The molecule has 6 nitrogen and oxygen atoms in total. The van der Waals surface area contributed by atoms with Crippen molar-refractivity contribution in [1.82, 2.24) is 14.7 Å². The van der Waals surface area contributed by atoms with E-state index in [-0.39, 0.29) is 17.7 Å². The Balaban J connectivity index is 1.54. The van der Waals surface area contributed by atoms with Crippen LogP contribution < -0.4 is 0 Å². The zero-order valence-electron chi connectivity index (χ0n) is 15.0. The molecule has 0 aromatic carbocycles. The van der Waals surface area contributed by atoms with E-state index in [1.54, 1.807) is 11.9 Å². The average molecular weight is 337 g/mol. The molecule has 3 rings (SSSR count). The van der Waals surface area contributed by atoms with Crippen LogP contribution in [0.1, 0.15) is 44.9 Å². The van der Waals surface area contributed by atoms with E-state index in [1.807, 2.05) is 11.9 Å². The first-order valence-corrected chi connectivity index (χ1v) is 9.35. The van der Waals surface area contributed by atoms with E-state index in [9.17, 15) is 14.7 Å². The lowest BCUT2D eigenvalue weighted by Gasteiger charge is -2.38. The van der Waals surface area contributed by atoms with Gasteiger partial charge >= 0.3 is 0 Å². The monoisotopic (exact) mass is 337 g/mol. The Labute approximate surface area is 144 Å². The molecular weight excluding hydrogens is 306 g/mol. The van der Waals surface area contributed by atoms with Gasteiger partial charge in [-0.1, -0.05) is 12.8 Å². The van der Waals surface area contributed by atoms with E-state index in [0.29, 0.717) is 31.8 Å². The molecule has 2 aliphatic heterocycles. The SMILES string of the molecule is CN1CCC(O)(C(=O)N(C)CC2CC(=O)N(C3CCCC3)C2)CC1. The summed E-state index contributed by atoms with van der Waals surface area (Å²) in [5.74, 6) is 0.259. The van der Waals surface area contributed by atoms with Crippen molar-refractivity contribution < 1.29 is 14.7 Å². The number of carbonyl (C=O) groups excluding carboxylic acids is 2. The van der Waals surface area contributed by atoms with E-state index in [0.717, 1.165) is 32.5 Å². The molecule has 6 heteroatoms. The molecule has 2 amide bonds. The zero-order valence-corrected chi connectivity index (χ0v) is 15.0. The Kier molecular flexibility index (Phi) is 5.16. The lowest BCUT2D eigenvalue weighted by Crippen LogP contribution is -2.54. The number of likely N-dealkylation sites (N-methyl/N-ethyl adjacent to an activating group) is 1. The molecule has 0 aromatic heterocycles. The van der Waals surface area contributed by atoms with Crippen molar-refractivity contribution in [2.45, 2.75) is 56.6 Å². The number of carbonyl (C=O) groups is 2. The minimum absolute atomic E-state index is 0.178. The molecular formula is C18H31N3O3. The van der Waals surface area contributed by atoms with E-state index in [1.165, 1.54) is 12.8 Å². The zero-order chi connectivity index (χ0) is 17.3. The fourth-order valence-corrected chi connectivity index (χ4v) is 4.53. The van der Waals surface area contributed by atoms with Gasteiger partial charge in [-0.15, -0.1) is 0 Å². The number of piperidine rings is 1. The van der Waals surface area contributed by atoms with Crippen molar-refractivity contribution in [3.05, 3.63) is 0 Å². The van der Waals surface area contributed by atoms with Crippen LogP contribution in [0, 0.1) is 5.92 Å². The standard InChI is InChI=1S/C18H31N3O3/c1-19-9-7-18(24,8-10-19)17(23)20(2)12-14-11-16(22)21(13-14)15-5-3-4-6-15/h14-15,24H,3-13H2,1-2H3. The molecule has 1 unspecified atom stereocenters. The van der Waals surface area contributed by atoms with Gasteiger partial charge in [-0.3, -0.25) is 9.59 Å². The van der Waals surface area contributed by atoms with E-state index in [2.05, 4.69) is 4.90 Å². The summed E-state index contributed by atoms with van der Waals surface area (Å²) in [6, 6.07) is 0.418. The third-order valence-corrected chi connectivity index (χ3v) is 6.10. The maximum atomic E-state index is 12.7. The number of nitrogens with zero attached hydrogens (tertiary/aromatic N) is 3. The molecule has 1 N–H and O–H groups in total. The fraction of sp³-hybridized carbons (Fsp3) is 0.889. The van der Waals surface area contributed by atoms with Crippen LogP contribution in [-0.2, 0) is 9.59 Å². The Morgan fingerprint density at radius 3 is 2.54 bits per heavy atom. The predicted molar refractivity (Wildman–Crippen MR) is 91.4 cm³/mol. The number of likely N-dealkylation sites (tertiary alicyclic amines) is 2. The van der Waals surface area contributed by atoms with Crippen molar-refractivity contribution in [2.24, 2.45) is 5.92 Å². The molecule has 3 fully saturated rings. The Hall–Kier alpha value is -1.14. The van der Waals surface area contributed by atoms with Crippen molar-refractivity contribution in [3.8, 4) is 0 Å². The topological polar surface area (TPSA) is 64.1 Å². The molecule has 1 saturated carbocycles. The van der Waals surface area contributed by atoms with Crippen LogP contribution in [0.25, 0.3) is 0 Å². The Morgan fingerprint density at radius 2 is 1.92 bits per heavy atom. The number of hydrogen-bond donors (Lipinski definition) is 1. The highest BCUT2D eigenvalue weighted by atomic mass is 16.3. The second-order valence-electron chi connectivity index (χ2n) is 8.08. The van der Waals surface area contributed by atoms with E-state index < -0.39 is 5.60 Å². The van der Waals surface area contributed by atoms with Crippen LogP contribution in [-0.4, -0.2) is 83.5 Å². The summed E-state index contributed by atoms with van der Waals surface area (Å²) >= 11 is 0. The predicted octanol–water partition coefficient (Wildman–Crippen LogP) is 0.693. The average Bonchev–Trinajstić information content (AvgIpc) is 3.19. The van der Waals surface area contributed by atoms with Crippen molar-refractivity contribution in [3.63, 3.8) is 0 Å². The van der Waals surface area contributed by atoms with Crippen LogP contribution in [0.5, 0.6) is 0 Å². The molecule has 0 spiro atoms. The van der Waals surface area contributed by atoms with Gasteiger partial charge in [0.05, 0.1) is 0 Å². The fourth-order valence-electron chi connectivity index (χ4n) is 4.53. The maximum Gasteiger partial charge on any atom is 0.254 e. The second-order valence-corrected chi connectivity index (χ2v) is 8.08. The van der Waals surface area contributed by atoms with Gasteiger partial charge in [0.2, 0.25) is 5.91 Å². The molecule has 0 radical (unpaired) electrons. The summed E-state index contributed by atoms with van der Waals surface area (Å²) < 4.78 is 0. The summed E-state index contributed by atoms with van der Waals surface area (Å²) in [6.07, 6.45) is 6.21. The summed E-state index contributed by atoms with van der Waals surface area (Å²) in [4.78, 5) is 30.8. The highest BCUT2D eigenvalue weighted by molar-refractivity contribution is 5.85. The van der Waals surface area contributed by atoms with Gasteiger partial charge < -0.3 is 19.8 Å². The first-order valence-electron chi connectivity index (χ1n) is 9.35. The first-order chi connectivity index (χ1) is 11.4. The van der Waals surface area contributed by atoms with Gasteiger partial charge in [0, 0.05) is 51.6 Å². The Morgan fingerprint density at radius 1 is 1.29 bits per heavy atom. The number of hydrogen-bond acceptors (Lipinski definition) is 4. The molecule has 2 saturated heterocycles. The third kappa shape index (κ3) is 3.59. The van der Waals surface area contributed by atoms with Gasteiger partial charge in [0.25, 0.3) is 5.91 Å². The first kappa shape index (κ1) is 17.7. The van der Waals surface area contributed by atoms with Crippen molar-refractivity contribution in [2.75, 3.05) is 40.3 Å². The molecule has 0 aromatic rings. The summed E-state index contributed by atoms with van der Waals surface area (Å²) in [7, 11) is 3.77. The largest absolute Gasteiger partial charge is 0.380 e. The molecule has 1 atom stereocenters. The van der Waals surface area contributed by atoms with Crippen LogP contribution in [0.4, 0.5) is 0 Å². The minimum Gasteiger partial charge on any atom is -0.380 e. The molecule has 0 bridgehead atoms. The third-order valence-electron chi connectivity index (χ3n) is 6.10. The number of amides is 2. The quantitative estimate of drug-likeness (QED) is 0.820. The highest BCUT2D eigenvalue weighted by Crippen LogP contribution is 2.30. The van der Waals surface area contributed by atoms with Crippen LogP contribution >= 0.6 is 0 Å². The van der Waals surface area contributed by atoms with E-state index >= 15 is 0 Å². The van der Waals surface area contributed by atoms with Crippen LogP contribution in [0.3, 0.4) is 0 Å². The minimum atomic E-state index is -1.23. The van der Waals surface area contributed by atoms with Crippen LogP contribution in [0.2, 0.25) is 0 Å². The van der Waals surface area contributed by atoms with Gasteiger partial charge in [0.15, 0.2) is 0 Å². The number of aliphatic hydroxyl groups is 1. The van der Waals surface area contributed by atoms with Gasteiger partial charge in [0.1, 0.15) is 5.60 Å². The lowest BCUT2D eigenvalue weighted by molar-refractivity contribution is -0.155. The van der Waals surface area contributed by atoms with Gasteiger partial charge in [-0.2, -0.15) is 0 Å². The lowest BCUT2D eigenvalue weighted by atomic mass is 9.90. The normalized spacial score (nSPS) is 28.5. The smallest absolute Gasteiger partial charge is 0.254 e. The van der Waals surface area contributed by atoms with E-state index in [4.69, 9.17) is 0 Å². The van der Waals surface area contributed by atoms with Crippen molar-refractivity contribution in [1.29, 1.82) is 0 Å². The molecule has 136 valence electrons. The summed E-state index contributed by atoms with van der Waals surface area (Å²) in [5, 5.41) is 10.7.